The molecule has 4 heteroatoms. The first-order valence-corrected chi connectivity index (χ1v) is 7.26. The fourth-order valence-electron chi connectivity index (χ4n) is 2.81. The molecule has 1 heterocycles. The third kappa shape index (κ3) is 1.59. The van der Waals surface area contributed by atoms with E-state index in [1.165, 1.54) is 10.1 Å². The highest BCUT2D eigenvalue weighted by Crippen LogP contribution is 2.35. The smallest absolute Gasteiger partial charge is 0.423 e. The summed E-state index contributed by atoms with van der Waals surface area (Å²) in [7, 11) is -1.46. The van der Waals surface area contributed by atoms with Gasteiger partial charge < -0.3 is 10.0 Å². The monoisotopic (exact) mass is 278 g/mol. The van der Waals surface area contributed by atoms with Crippen LogP contribution in [0.2, 0.25) is 0 Å². The van der Waals surface area contributed by atoms with Crippen LogP contribution in [-0.2, 0) is 0 Å². The lowest BCUT2D eigenvalue weighted by atomic mass is 9.76. The molecule has 3 aromatic carbocycles. The van der Waals surface area contributed by atoms with Crippen molar-refractivity contribution in [2.45, 2.75) is 0 Å². The van der Waals surface area contributed by atoms with Gasteiger partial charge in [0.05, 0.1) is 0 Å². The average Bonchev–Trinajstić information content (AvgIpc) is 2.82. The summed E-state index contributed by atoms with van der Waals surface area (Å²) >= 11 is 1.61. The van der Waals surface area contributed by atoms with Crippen molar-refractivity contribution in [3.63, 3.8) is 0 Å². The molecule has 0 saturated carbocycles. The minimum atomic E-state index is -1.46. The van der Waals surface area contributed by atoms with E-state index in [0.717, 1.165) is 20.9 Å². The van der Waals surface area contributed by atoms with Crippen molar-refractivity contribution in [3.8, 4) is 0 Å². The second kappa shape index (κ2) is 4.31. The van der Waals surface area contributed by atoms with Crippen LogP contribution in [0.25, 0.3) is 30.9 Å². The highest BCUT2D eigenvalue weighted by Gasteiger charge is 2.21. The van der Waals surface area contributed by atoms with Crippen LogP contribution in [0, 0.1) is 0 Å². The lowest BCUT2D eigenvalue weighted by molar-refractivity contribution is 0.426. The Bertz CT molecular complexity index is 943. The fraction of sp³-hybridized carbons (Fsp3) is 0. The number of hydrogen-bond acceptors (Lipinski definition) is 3. The van der Waals surface area contributed by atoms with Crippen molar-refractivity contribution in [1.82, 2.24) is 0 Å². The third-order valence-electron chi connectivity index (χ3n) is 3.69. The summed E-state index contributed by atoms with van der Waals surface area (Å²) in [6.45, 7) is 0. The van der Waals surface area contributed by atoms with E-state index >= 15 is 0 Å². The SMILES string of the molecule is OB(O)c1c2ccccc2cc2c1sc1ccccc12. The maximum atomic E-state index is 9.81. The molecule has 2 nitrogen and oxygen atoms in total. The van der Waals surface area contributed by atoms with Crippen LogP contribution in [0.3, 0.4) is 0 Å². The average molecular weight is 278 g/mol. The van der Waals surface area contributed by atoms with Crippen molar-refractivity contribution in [2.75, 3.05) is 0 Å². The molecule has 0 unspecified atom stereocenters. The summed E-state index contributed by atoms with van der Waals surface area (Å²) in [5.41, 5.74) is 0.610. The molecule has 4 aromatic rings. The van der Waals surface area contributed by atoms with Gasteiger partial charge in [-0.15, -0.1) is 11.3 Å². The number of thiophene rings is 1. The van der Waals surface area contributed by atoms with Crippen LogP contribution < -0.4 is 5.46 Å². The zero-order valence-corrected chi connectivity index (χ0v) is 11.4. The molecule has 0 atom stereocenters. The molecule has 1 aromatic heterocycles. The quantitative estimate of drug-likeness (QED) is 0.526. The Balaban J connectivity index is 2.31. The molecule has 0 amide bonds. The molecule has 0 aliphatic heterocycles. The predicted molar refractivity (Wildman–Crippen MR) is 86.7 cm³/mol. The van der Waals surface area contributed by atoms with Gasteiger partial charge in [0.1, 0.15) is 0 Å². The lowest BCUT2D eigenvalue weighted by Gasteiger charge is -2.07. The van der Waals surface area contributed by atoms with E-state index in [4.69, 9.17) is 0 Å². The molecule has 0 spiro atoms. The Labute approximate surface area is 120 Å². The van der Waals surface area contributed by atoms with E-state index in [-0.39, 0.29) is 0 Å². The Kier molecular flexibility index (Phi) is 2.57. The molecule has 20 heavy (non-hydrogen) atoms. The molecule has 0 aliphatic rings. The summed E-state index contributed by atoms with van der Waals surface area (Å²) in [6, 6.07) is 18.1. The summed E-state index contributed by atoms with van der Waals surface area (Å²) in [4.78, 5) is 0. The van der Waals surface area contributed by atoms with Crippen LogP contribution in [-0.4, -0.2) is 17.2 Å². The van der Waals surface area contributed by atoms with Gasteiger partial charge in [-0.1, -0.05) is 42.5 Å². The van der Waals surface area contributed by atoms with Crippen molar-refractivity contribution in [3.05, 3.63) is 54.6 Å². The van der Waals surface area contributed by atoms with Crippen molar-refractivity contribution < 1.29 is 10.0 Å². The molecule has 0 bridgehead atoms. The summed E-state index contributed by atoms with van der Waals surface area (Å²) < 4.78 is 2.12. The zero-order valence-electron chi connectivity index (χ0n) is 10.6. The Morgan fingerprint density at radius 2 is 1.50 bits per heavy atom. The van der Waals surface area contributed by atoms with Gasteiger partial charge in [-0.3, -0.25) is 0 Å². The molecule has 2 N–H and O–H groups in total. The third-order valence-corrected chi connectivity index (χ3v) is 4.91. The Morgan fingerprint density at radius 3 is 2.30 bits per heavy atom. The molecule has 0 saturated heterocycles. The van der Waals surface area contributed by atoms with Gasteiger partial charge in [0.2, 0.25) is 0 Å². The first-order chi connectivity index (χ1) is 9.75. The number of fused-ring (bicyclic) bond motifs is 4. The molecule has 0 fully saturated rings. The van der Waals surface area contributed by atoms with E-state index in [0.29, 0.717) is 5.46 Å². The van der Waals surface area contributed by atoms with Crippen LogP contribution in [0.1, 0.15) is 0 Å². The van der Waals surface area contributed by atoms with Gasteiger partial charge >= 0.3 is 7.12 Å². The molecular weight excluding hydrogens is 267 g/mol. The van der Waals surface area contributed by atoms with Crippen molar-refractivity contribution in [2.24, 2.45) is 0 Å². The minimum absolute atomic E-state index is 0.610. The van der Waals surface area contributed by atoms with Crippen LogP contribution in [0.15, 0.2) is 54.6 Å². The molecule has 4 rings (SSSR count). The van der Waals surface area contributed by atoms with Crippen LogP contribution in [0.4, 0.5) is 0 Å². The fourth-order valence-corrected chi connectivity index (χ4v) is 4.07. The molecular formula is C16H11BO2S. The van der Waals surface area contributed by atoms with Gasteiger partial charge in [0.15, 0.2) is 0 Å². The van der Waals surface area contributed by atoms with E-state index < -0.39 is 7.12 Å². The molecule has 0 aliphatic carbocycles. The topological polar surface area (TPSA) is 40.5 Å². The predicted octanol–water partition coefficient (Wildman–Crippen LogP) is 2.89. The van der Waals surface area contributed by atoms with Gasteiger partial charge in [-0.05, 0) is 22.9 Å². The summed E-state index contributed by atoms with van der Waals surface area (Å²) in [6.07, 6.45) is 0. The van der Waals surface area contributed by atoms with E-state index in [1.54, 1.807) is 11.3 Å². The van der Waals surface area contributed by atoms with E-state index in [9.17, 15) is 10.0 Å². The van der Waals surface area contributed by atoms with Gasteiger partial charge in [0.25, 0.3) is 0 Å². The van der Waals surface area contributed by atoms with Crippen molar-refractivity contribution >= 4 is 54.9 Å². The van der Waals surface area contributed by atoms with E-state index in [2.05, 4.69) is 18.2 Å². The maximum absolute atomic E-state index is 9.81. The number of hydrogen-bond donors (Lipinski definition) is 2. The first kappa shape index (κ1) is 11.9. The second-order valence-electron chi connectivity index (χ2n) is 4.86. The van der Waals surface area contributed by atoms with Crippen LogP contribution >= 0.6 is 11.3 Å². The standard InChI is InChI=1S/C16H11BO2S/c18-17(19)15-11-6-2-1-5-10(11)9-13-12-7-3-4-8-14(12)20-16(13)15/h1-9,18-19H. The second-order valence-corrected chi connectivity index (χ2v) is 5.91. The summed E-state index contributed by atoms with van der Waals surface area (Å²) in [5.74, 6) is 0. The highest BCUT2D eigenvalue weighted by molar-refractivity contribution is 7.27. The Hall–Kier alpha value is -1.88. The van der Waals surface area contributed by atoms with Crippen molar-refractivity contribution in [1.29, 1.82) is 0 Å². The van der Waals surface area contributed by atoms with Crippen LogP contribution in [0.5, 0.6) is 0 Å². The Morgan fingerprint density at radius 1 is 0.800 bits per heavy atom. The van der Waals surface area contributed by atoms with Gasteiger partial charge in [-0.2, -0.15) is 0 Å². The van der Waals surface area contributed by atoms with E-state index in [1.807, 2.05) is 36.4 Å². The summed E-state index contributed by atoms with van der Waals surface area (Å²) in [5, 5.41) is 23.8. The zero-order chi connectivity index (χ0) is 13.7. The maximum Gasteiger partial charge on any atom is 0.490 e. The minimum Gasteiger partial charge on any atom is -0.423 e. The normalized spacial score (nSPS) is 11.5. The van der Waals surface area contributed by atoms with Gasteiger partial charge in [-0.25, -0.2) is 0 Å². The largest absolute Gasteiger partial charge is 0.490 e. The van der Waals surface area contributed by atoms with Gasteiger partial charge in [0, 0.05) is 25.6 Å². The highest BCUT2D eigenvalue weighted by atomic mass is 32.1. The molecule has 0 radical (unpaired) electrons. The lowest BCUT2D eigenvalue weighted by Crippen LogP contribution is -2.30. The number of rotatable bonds is 1. The first-order valence-electron chi connectivity index (χ1n) is 6.45. The number of benzene rings is 3. The molecule has 96 valence electrons.